The third kappa shape index (κ3) is 3.41. The maximum atomic E-state index is 9.03. The van der Waals surface area contributed by atoms with Crippen molar-refractivity contribution in [3.8, 4) is 0 Å². The monoisotopic (exact) mass is 243 g/mol. The number of methoxy groups -OCH3 is 1. The van der Waals surface area contributed by atoms with Gasteiger partial charge in [-0.15, -0.1) is 0 Å². The smallest absolute Gasteiger partial charge is 0.0697 e. The van der Waals surface area contributed by atoms with Gasteiger partial charge < -0.3 is 19.9 Å². The van der Waals surface area contributed by atoms with Crippen molar-refractivity contribution < 1.29 is 14.6 Å². The summed E-state index contributed by atoms with van der Waals surface area (Å²) in [7, 11) is 1.71. The van der Waals surface area contributed by atoms with Crippen molar-refractivity contribution >= 4 is 0 Å². The number of rotatable bonds is 6. The number of aliphatic hydroxyl groups is 1. The molecule has 4 nitrogen and oxygen atoms in total. The molecule has 100 valence electrons. The molecule has 4 heteroatoms. The van der Waals surface area contributed by atoms with Gasteiger partial charge in [-0.1, -0.05) is 0 Å². The Morgan fingerprint density at radius 2 is 2.35 bits per heavy atom. The Balaban J connectivity index is 1.79. The fourth-order valence-electron chi connectivity index (χ4n) is 2.99. The first-order chi connectivity index (χ1) is 8.28. The molecule has 2 rings (SSSR count). The van der Waals surface area contributed by atoms with Crippen LogP contribution in [0, 0.1) is 0 Å². The zero-order valence-electron chi connectivity index (χ0n) is 10.8. The minimum atomic E-state index is 0.187. The van der Waals surface area contributed by atoms with Crippen LogP contribution in [0.2, 0.25) is 0 Å². The minimum Gasteiger partial charge on any atom is -0.396 e. The second-order valence-corrected chi connectivity index (χ2v) is 5.41. The number of nitrogens with one attached hydrogen (secondary N) is 1. The zero-order valence-corrected chi connectivity index (χ0v) is 10.8. The van der Waals surface area contributed by atoms with Crippen molar-refractivity contribution in [1.29, 1.82) is 0 Å². The van der Waals surface area contributed by atoms with Crippen molar-refractivity contribution in [2.45, 2.75) is 56.2 Å². The normalized spacial score (nSPS) is 28.9. The van der Waals surface area contributed by atoms with Crippen LogP contribution in [0.3, 0.4) is 0 Å². The Morgan fingerprint density at radius 1 is 1.53 bits per heavy atom. The van der Waals surface area contributed by atoms with Gasteiger partial charge in [0.05, 0.1) is 12.2 Å². The molecular formula is C13H25NO3. The molecule has 2 atom stereocenters. The SMILES string of the molecule is COCC(CCO)NC1CCOC2(CCC2)C1. The summed E-state index contributed by atoms with van der Waals surface area (Å²) in [5.74, 6) is 0. The highest BCUT2D eigenvalue weighted by Crippen LogP contribution is 2.42. The third-order valence-electron chi connectivity index (χ3n) is 4.07. The first-order valence-corrected chi connectivity index (χ1v) is 6.78. The molecule has 1 heterocycles. The van der Waals surface area contributed by atoms with E-state index in [0.717, 1.165) is 25.9 Å². The molecule has 2 N–H and O–H groups in total. The molecule has 0 radical (unpaired) electrons. The number of hydrogen-bond acceptors (Lipinski definition) is 4. The van der Waals surface area contributed by atoms with Gasteiger partial charge >= 0.3 is 0 Å². The fraction of sp³-hybridized carbons (Fsp3) is 1.00. The Morgan fingerprint density at radius 3 is 2.94 bits per heavy atom. The molecule has 0 amide bonds. The molecule has 0 aromatic heterocycles. The van der Waals surface area contributed by atoms with Crippen LogP contribution in [0.25, 0.3) is 0 Å². The van der Waals surface area contributed by atoms with E-state index >= 15 is 0 Å². The first kappa shape index (κ1) is 13.3. The first-order valence-electron chi connectivity index (χ1n) is 6.78. The topological polar surface area (TPSA) is 50.7 Å². The van der Waals surface area contributed by atoms with Crippen molar-refractivity contribution in [2.75, 3.05) is 26.9 Å². The molecule has 1 aliphatic heterocycles. The number of aliphatic hydroxyl groups excluding tert-OH is 1. The lowest BCUT2D eigenvalue weighted by molar-refractivity contribution is -0.136. The lowest BCUT2D eigenvalue weighted by Gasteiger charge is -2.48. The standard InChI is InChI=1S/C13H25NO3/c1-16-10-12(3-7-15)14-11-4-8-17-13(9-11)5-2-6-13/h11-12,14-15H,2-10H2,1H3. The van der Waals surface area contributed by atoms with Gasteiger partial charge in [0.1, 0.15) is 0 Å². The molecule has 0 bridgehead atoms. The quantitative estimate of drug-likeness (QED) is 0.733. The molecule has 0 aromatic rings. The average Bonchev–Trinajstić information content (AvgIpc) is 2.28. The van der Waals surface area contributed by atoms with Crippen LogP contribution in [0.15, 0.2) is 0 Å². The summed E-state index contributed by atoms with van der Waals surface area (Å²) < 4.78 is 11.1. The second kappa shape index (κ2) is 6.14. The van der Waals surface area contributed by atoms with E-state index in [-0.39, 0.29) is 18.2 Å². The lowest BCUT2D eigenvalue weighted by atomic mass is 9.74. The van der Waals surface area contributed by atoms with Crippen LogP contribution in [-0.2, 0) is 9.47 Å². The summed E-state index contributed by atoms with van der Waals surface area (Å²) in [6.45, 7) is 1.76. The van der Waals surface area contributed by atoms with E-state index in [9.17, 15) is 0 Å². The van der Waals surface area contributed by atoms with Gasteiger partial charge in [-0.25, -0.2) is 0 Å². The highest BCUT2D eigenvalue weighted by Gasteiger charge is 2.42. The van der Waals surface area contributed by atoms with E-state index in [1.54, 1.807) is 7.11 Å². The highest BCUT2D eigenvalue weighted by atomic mass is 16.5. The van der Waals surface area contributed by atoms with Gasteiger partial charge in [0, 0.05) is 32.4 Å². The van der Waals surface area contributed by atoms with Crippen molar-refractivity contribution in [3.63, 3.8) is 0 Å². The molecule has 17 heavy (non-hydrogen) atoms. The molecule has 1 spiro atoms. The van der Waals surface area contributed by atoms with Gasteiger partial charge in [0.2, 0.25) is 0 Å². The van der Waals surface area contributed by atoms with E-state index in [2.05, 4.69) is 5.32 Å². The lowest BCUT2D eigenvalue weighted by Crippen LogP contribution is -2.53. The number of ether oxygens (including phenoxy) is 2. The van der Waals surface area contributed by atoms with E-state index < -0.39 is 0 Å². The molecule has 1 saturated carbocycles. The maximum Gasteiger partial charge on any atom is 0.0697 e. The third-order valence-corrected chi connectivity index (χ3v) is 4.07. The minimum absolute atomic E-state index is 0.187. The van der Waals surface area contributed by atoms with E-state index in [0.29, 0.717) is 12.6 Å². The van der Waals surface area contributed by atoms with Gasteiger partial charge in [-0.3, -0.25) is 0 Å². The van der Waals surface area contributed by atoms with Gasteiger partial charge in [-0.05, 0) is 38.5 Å². The predicted octanol–water partition coefficient (Wildman–Crippen LogP) is 1.08. The molecule has 0 aromatic carbocycles. The van der Waals surface area contributed by atoms with Crippen LogP contribution in [0.4, 0.5) is 0 Å². The summed E-state index contributed by atoms with van der Waals surface area (Å²) in [5.41, 5.74) is 0.187. The van der Waals surface area contributed by atoms with Crippen molar-refractivity contribution in [2.24, 2.45) is 0 Å². The second-order valence-electron chi connectivity index (χ2n) is 5.41. The maximum absolute atomic E-state index is 9.03. The summed E-state index contributed by atoms with van der Waals surface area (Å²) >= 11 is 0. The number of hydrogen-bond donors (Lipinski definition) is 2. The molecule has 2 fully saturated rings. The van der Waals surface area contributed by atoms with E-state index in [1.807, 2.05) is 0 Å². The Kier molecular flexibility index (Phi) is 4.79. The molecule has 2 unspecified atom stereocenters. The summed E-state index contributed by atoms with van der Waals surface area (Å²) in [6.07, 6.45) is 6.72. The van der Waals surface area contributed by atoms with E-state index in [4.69, 9.17) is 14.6 Å². The predicted molar refractivity (Wildman–Crippen MR) is 66.1 cm³/mol. The average molecular weight is 243 g/mol. The molecule has 1 saturated heterocycles. The van der Waals surface area contributed by atoms with Crippen molar-refractivity contribution in [3.05, 3.63) is 0 Å². The van der Waals surface area contributed by atoms with Gasteiger partial charge in [-0.2, -0.15) is 0 Å². The van der Waals surface area contributed by atoms with Gasteiger partial charge in [0.15, 0.2) is 0 Å². The van der Waals surface area contributed by atoms with Crippen molar-refractivity contribution in [1.82, 2.24) is 5.32 Å². The van der Waals surface area contributed by atoms with E-state index in [1.165, 1.54) is 19.3 Å². The Hall–Kier alpha value is -0.160. The van der Waals surface area contributed by atoms with Crippen LogP contribution in [-0.4, -0.2) is 49.7 Å². The summed E-state index contributed by atoms with van der Waals surface area (Å²) in [6, 6.07) is 0.793. The van der Waals surface area contributed by atoms with Crippen LogP contribution >= 0.6 is 0 Å². The summed E-state index contributed by atoms with van der Waals surface area (Å²) in [4.78, 5) is 0. The highest BCUT2D eigenvalue weighted by molar-refractivity contribution is 4.96. The van der Waals surface area contributed by atoms with Gasteiger partial charge in [0.25, 0.3) is 0 Å². The largest absolute Gasteiger partial charge is 0.396 e. The van der Waals surface area contributed by atoms with Crippen LogP contribution in [0.5, 0.6) is 0 Å². The van der Waals surface area contributed by atoms with Crippen LogP contribution < -0.4 is 5.32 Å². The fourth-order valence-corrected chi connectivity index (χ4v) is 2.99. The summed E-state index contributed by atoms with van der Waals surface area (Å²) in [5, 5.41) is 12.6. The Labute approximate surface area is 104 Å². The zero-order chi connectivity index (χ0) is 12.1. The molecule has 2 aliphatic rings. The molecule has 1 aliphatic carbocycles. The molecular weight excluding hydrogens is 218 g/mol. The Bertz CT molecular complexity index is 225. The van der Waals surface area contributed by atoms with Crippen LogP contribution in [0.1, 0.15) is 38.5 Å².